The van der Waals surface area contributed by atoms with E-state index in [0.29, 0.717) is 0 Å². The van der Waals surface area contributed by atoms with E-state index in [0.717, 1.165) is 31.5 Å². The molecular weight excluding hydrogens is 239 g/mol. The van der Waals surface area contributed by atoms with Gasteiger partial charge in [-0.15, -0.1) is 0 Å². The Bertz CT molecular complexity index is 541. The lowest BCUT2D eigenvalue weighted by atomic mass is 9.93. The van der Waals surface area contributed by atoms with E-state index in [2.05, 4.69) is 9.88 Å². The minimum Gasteiger partial charge on any atom is -0.296 e. The van der Waals surface area contributed by atoms with E-state index in [1.54, 1.807) is 12.1 Å². The predicted molar refractivity (Wildman–Crippen MR) is 73.3 cm³/mol. The third-order valence-corrected chi connectivity index (χ3v) is 3.83. The molecule has 2 aromatic rings. The molecule has 2 nitrogen and oxygen atoms in total. The number of hydrogen-bond acceptors (Lipinski definition) is 2. The fourth-order valence-electron chi connectivity index (χ4n) is 2.63. The van der Waals surface area contributed by atoms with E-state index in [1.807, 2.05) is 36.7 Å². The van der Waals surface area contributed by atoms with Crippen molar-refractivity contribution in [2.75, 3.05) is 13.1 Å². The van der Waals surface area contributed by atoms with Gasteiger partial charge in [-0.3, -0.25) is 9.88 Å². The van der Waals surface area contributed by atoms with Gasteiger partial charge in [0, 0.05) is 37.1 Å². The van der Waals surface area contributed by atoms with Gasteiger partial charge in [0.1, 0.15) is 5.82 Å². The zero-order valence-electron chi connectivity index (χ0n) is 10.8. The molecule has 1 fully saturated rings. The molecule has 0 bridgehead atoms. The van der Waals surface area contributed by atoms with E-state index in [9.17, 15) is 4.39 Å². The molecule has 0 N–H and O–H groups in total. The Kier molecular flexibility index (Phi) is 3.56. The molecule has 1 aromatic heterocycles. The molecular formula is C16H17FN2. The first-order valence-electron chi connectivity index (χ1n) is 6.72. The summed E-state index contributed by atoms with van der Waals surface area (Å²) in [5.41, 5.74) is 2.12. The predicted octanol–water partition coefficient (Wildman–Crippen LogP) is 3.21. The van der Waals surface area contributed by atoms with Crippen molar-refractivity contribution < 1.29 is 4.39 Å². The Morgan fingerprint density at radius 3 is 2.63 bits per heavy atom. The van der Waals surface area contributed by atoms with Crippen LogP contribution in [0.5, 0.6) is 0 Å². The number of aromatic nitrogens is 1. The van der Waals surface area contributed by atoms with Crippen molar-refractivity contribution in [1.29, 1.82) is 0 Å². The lowest BCUT2D eigenvalue weighted by Crippen LogP contribution is -2.42. The van der Waals surface area contributed by atoms with Gasteiger partial charge in [0.25, 0.3) is 0 Å². The van der Waals surface area contributed by atoms with Crippen LogP contribution >= 0.6 is 0 Å². The first-order chi connectivity index (χ1) is 9.34. The second-order valence-corrected chi connectivity index (χ2v) is 4.97. The topological polar surface area (TPSA) is 16.1 Å². The second kappa shape index (κ2) is 5.49. The molecule has 19 heavy (non-hydrogen) atoms. The fourth-order valence-corrected chi connectivity index (χ4v) is 2.63. The van der Waals surface area contributed by atoms with Crippen molar-refractivity contribution in [3.63, 3.8) is 0 Å². The van der Waals surface area contributed by atoms with E-state index in [-0.39, 0.29) is 11.9 Å². The van der Waals surface area contributed by atoms with Crippen LogP contribution in [0.2, 0.25) is 0 Å². The van der Waals surface area contributed by atoms with Crippen LogP contribution in [0, 0.1) is 5.82 Å². The van der Waals surface area contributed by atoms with E-state index in [4.69, 9.17) is 0 Å². The number of nitrogens with zero attached hydrogens (tertiary/aromatic N) is 2. The van der Waals surface area contributed by atoms with E-state index in [1.165, 1.54) is 5.56 Å². The van der Waals surface area contributed by atoms with Crippen LogP contribution in [0.3, 0.4) is 0 Å². The first kappa shape index (κ1) is 12.3. The zero-order valence-corrected chi connectivity index (χ0v) is 10.8. The van der Waals surface area contributed by atoms with Gasteiger partial charge in [0.2, 0.25) is 0 Å². The van der Waals surface area contributed by atoms with Crippen LogP contribution in [0.1, 0.15) is 23.6 Å². The van der Waals surface area contributed by atoms with Gasteiger partial charge in [-0.05, 0) is 36.6 Å². The van der Waals surface area contributed by atoms with Crippen molar-refractivity contribution in [2.24, 2.45) is 0 Å². The molecule has 0 saturated carbocycles. The van der Waals surface area contributed by atoms with Gasteiger partial charge in [0.15, 0.2) is 0 Å². The Balaban J connectivity index is 1.63. The number of likely N-dealkylation sites (tertiary alicyclic amines) is 1. The SMILES string of the molecule is Fc1ccccc1[C@@H]1CCN1CCc1ccncc1. The van der Waals surface area contributed by atoms with Crippen molar-refractivity contribution >= 4 is 0 Å². The average Bonchev–Trinajstić information content (AvgIpc) is 2.41. The lowest BCUT2D eigenvalue weighted by molar-refractivity contribution is 0.0895. The molecule has 3 heteroatoms. The van der Waals surface area contributed by atoms with Crippen molar-refractivity contribution in [1.82, 2.24) is 9.88 Å². The van der Waals surface area contributed by atoms with Crippen LogP contribution in [-0.4, -0.2) is 23.0 Å². The molecule has 1 aromatic carbocycles. The largest absolute Gasteiger partial charge is 0.296 e. The highest BCUT2D eigenvalue weighted by Gasteiger charge is 2.30. The maximum Gasteiger partial charge on any atom is 0.127 e. The van der Waals surface area contributed by atoms with Crippen molar-refractivity contribution in [3.8, 4) is 0 Å². The minimum absolute atomic E-state index is 0.0823. The monoisotopic (exact) mass is 256 g/mol. The molecule has 0 radical (unpaired) electrons. The minimum atomic E-state index is -0.0823. The van der Waals surface area contributed by atoms with Crippen molar-refractivity contribution in [3.05, 3.63) is 65.7 Å². The van der Waals surface area contributed by atoms with Crippen LogP contribution in [0.15, 0.2) is 48.8 Å². The van der Waals surface area contributed by atoms with E-state index < -0.39 is 0 Å². The summed E-state index contributed by atoms with van der Waals surface area (Å²) in [6, 6.07) is 11.4. The normalized spacial score (nSPS) is 19.1. The van der Waals surface area contributed by atoms with Crippen LogP contribution in [-0.2, 0) is 6.42 Å². The summed E-state index contributed by atoms with van der Waals surface area (Å²) < 4.78 is 13.8. The molecule has 0 amide bonds. The number of halogens is 1. The summed E-state index contributed by atoms with van der Waals surface area (Å²) >= 11 is 0. The van der Waals surface area contributed by atoms with Gasteiger partial charge in [-0.1, -0.05) is 18.2 Å². The Morgan fingerprint density at radius 1 is 1.16 bits per heavy atom. The van der Waals surface area contributed by atoms with Crippen LogP contribution < -0.4 is 0 Å². The quantitative estimate of drug-likeness (QED) is 0.835. The molecule has 0 spiro atoms. The smallest absolute Gasteiger partial charge is 0.127 e. The molecule has 1 aliphatic rings. The molecule has 1 aliphatic heterocycles. The van der Waals surface area contributed by atoms with Gasteiger partial charge in [0.05, 0.1) is 0 Å². The maximum absolute atomic E-state index is 13.8. The van der Waals surface area contributed by atoms with Crippen LogP contribution in [0.25, 0.3) is 0 Å². The average molecular weight is 256 g/mol. The molecule has 3 rings (SSSR count). The summed E-state index contributed by atoms with van der Waals surface area (Å²) in [5, 5.41) is 0. The molecule has 0 unspecified atom stereocenters. The Labute approximate surface area is 112 Å². The molecule has 1 atom stereocenters. The van der Waals surface area contributed by atoms with Gasteiger partial charge in [-0.2, -0.15) is 0 Å². The second-order valence-electron chi connectivity index (χ2n) is 4.97. The third-order valence-electron chi connectivity index (χ3n) is 3.83. The summed E-state index contributed by atoms with van der Waals surface area (Å²) in [7, 11) is 0. The highest BCUT2D eigenvalue weighted by Crippen LogP contribution is 2.34. The van der Waals surface area contributed by atoms with Crippen LogP contribution in [0.4, 0.5) is 4.39 Å². The first-order valence-corrected chi connectivity index (χ1v) is 6.72. The van der Waals surface area contributed by atoms with E-state index >= 15 is 0 Å². The zero-order chi connectivity index (χ0) is 13.1. The number of pyridine rings is 1. The summed E-state index contributed by atoms with van der Waals surface area (Å²) in [4.78, 5) is 6.36. The van der Waals surface area contributed by atoms with Gasteiger partial charge < -0.3 is 0 Å². The summed E-state index contributed by atoms with van der Waals surface area (Å²) in [5.74, 6) is -0.0823. The molecule has 0 aliphatic carbocycles. The van der Waals surface area contributed by atoms with Gasteiger partial charge in [-0.25, -0.2) is 4.39 Å². The summed E-state index contributed by atoms with van der Waals surface area (Å²) in [6.45, 7) is 2.03. The number of benzene rings is 1. The molecule has 1 saturated heterocycles. The Hall–Kier alpha value is -1.74. The standard InChI is InChI=1S/C16H17FN2/c17-15-4-2-1-3-14(15)16-8-12-19(16)11-7-13-5-9-18-10-6-13/h1-6,9-10,16H,7-8,11-12H2/t16-/m0/s1. The highest BCUT2D eigenvalue weighted by molar-refractivity contribution is 5.23. The number of hydrogen-bond donors (Lipinski definition) is 0. The van der Waals surface area contributed by atoms with Gasteiger partial charge >= 0.3 is 0 Å². The molecule has 2 heterocycles. The maximum atomic E-state index is 13.8. The Morgan fingerprint density at radius 2 is 1.95 bits per heavy atom. The lowest BCUT2D eigenvalue weighted by Gasteiger charge is -2.41. The number of rotatable bonds is 4. The van der Waals surface area contributed by atoms with Crippen molar-refractivity contribution in [2.45, 2.75) is 18.9 Å². The highest BCUT2D eigenvalue weighted by atomic mass is 19.1. The fraction of sp³-hybridized carbons (Fsp3) is 0.312. The summed E-state index contributed by atoms with van der Waals surface area (Å²) in [6.07, 6.45) is 5.68. The molecule has 98 valence electrons. The third kappa shape index (κ3) is 2.66.